The molecule has 2 N–H and O–H groups in total. The Kier molecular flexibility index (Phi) is 2.86. The Balaban J connectivity index is 1.54. The van der Waals surface area contributed by atoms with E-state index in [0.717, 1.165) is 28.6 Å². The van der Waals surface area contributed by atoms with E-state index < -0.39 is 0 Å². The monoisotopic (exact) mass is 333 g/mol. The van der Waals surface area contributed by atoms with Crippen molar-refractivity contribution in [3.63, 3.8) is 0 Å². The van der Waals surface area contributed by atoms with Gasteiger partial charge in [0.2, 0.25) is 0 Å². The highest BCUT2D eigenvalue weighted by molar-refractivity contribution is 9.10. The summed E-state index contributed by atoms with van der Waals surface area (Å²) in [7, 11) is 0. The summed E-state index contributed by atoms with van der Waals surface area (Å²) >= 11 is 3.48. The molecule has 1 saturated heterocycles. The number of hydrogen-bond donors (Lipinski definition) is 2. The van der Waals surface area contributed by atoms with Crippen LogP contribution in [-0.2, 0) is 0 Å². The van der Waals surface area contributed by atoms with Gasteiger partial charge in [-0.15, -0.1) is 0 Å². The fourth-order valence-electron chi connectivity index (χ4n) is 3.48. The van der Waals surface area contributed by atoms with Gasteiger partial charge in [0, 0.05) is 35.9 Å². The maximum Gasteiger partial charge on any atom is 0.251 e. The van der Waals surface area contributed by atoms with Gasteiger partial charge in [0.1, 0.15) is 0 Å². The van der Waals surface area contributed by atoms with Crippen molar-refractivity contribution in [2.75, 3.05) is 6.54 Å². The zero-order valence-corrected chi connectivity index (χ0v) is 12.6. The van der Waals surface area contributed by atoms with Crippen LogP contribution in [0.5, 0.6) is 0 Å². The molecule has 0 aromatic carbocycles. The van der Waals surface area contributed by atoms with E-state index in [-0.39, 0.29) is 5.91 Å². The predicted octanol–water partition coefficient (Wildman–Crippen LogP) is 2.18. The van der Waals surface area contributed by atoms with E-state index in [4.69, 9.17) is 0 Å². The molecule has 2 bridgehead atoms. The van der Waals surface area contributed by atoms with Crippen molar-refractivity contribution >= 4 is 27.4 Å². The van der Waals surface area contributed by atoms with Crippen LogP contribution in [0.15, 0.2) is 35.1 Å². The Labute approximate surface area is 125 Å². The third-order valence-electron chi connectivity index (χ3n) is 4.55. The van der Waals surface area contributed by atoms with E-state index >= 15 is 0 Å². The smallest absolute Gasteiger partial charge is 0.251 e. The summed E-state index contributed by atoms with van der Waals surface area (Å²) in [5.41, 5.74) is 1.76. The van der Waals surface area contributed by atoms with E-state index in [1.807, 2.05) is 34.9 Å². The summed E-state index contributed by atoms with van der Waals surface area (Å²) in [5.74, 6) is 0.650. The number of fused-ring (bicyclic) bond motifs is 3. The lowest BCUT2D eigenvalue weighted by Crippen LogP contribution is -2.44. The van der Waals surface area contributed by atoms with Gasteiger partial charge in [-0.05, 0) is 59.0 Å². The van der Waals surface area contributed by atoms with Crippen LogP contribution in [0.25, 0.3) is 5.52 Å². The first-order valence-electron chi connectivity index (χ1n) is 7.01. The van der Waals surface area contributed by atoms with E-state index in [1.165, 1.54) is 6.42 Å². The summed E-state index contributed by atoms with van der Waals surface area (Å²) in [6.45, 7) is 1.04. The lowest BCUT2D eigenvalue weighted by Gasteiger charge is -2.23. The number of pyridine rings is 1. The normalized spacial score (nSPS) is 28.1. The van der Waals surface area contributed by atoms with Crippen LogP contribution in [-0.4, -0.2) is 28.9 Å². The van der Waals surface area contributed by atoms with Gasteiger partial charge in [-0.2, -0.15) is 0 Å². The van der Waals surface area contributed by atoms with Gasteiger partial charge in [0.15, 0.2) is 0 Å². The lowest BCUT2D eigenvalue weighted by molar-refractivity contribution is 0.0925. The molecule has 4 nitrogen and oxygen atoms in total. The van der Waals surface area contributed by atoms with Crippen molar-refractivity contribution < 1.29 is 4.79 Å². The molecule has 2 fully saturated rings. The van der Waals surface area contributed by atoms with E-state index in [0.29, 0.717) is 18.0 Å². The molecule has 5 heteroatoms. The number of amides is 1. The molecular weight excluding hydrogens is 318 g/mol. The Hall–Kier alpha value is -1.33. The number of nitrogens with one attached hydrogen (secondary N) is 2. The number of carbonyl (C=O) groups excluding carboxylic acids is 1. The zero-order chi connectivity index (χ0) is 13.7. The fraction of sp³-hybridized carbons (Fsp3) is 0.400. The van der Waals surface area contributed by atoms with Gasteiger partial charge in [0.05, 0.1) is 4.60 Å². The largest absolute Gasteiger partial charge is 0.349 e. The molecule has 3 unspecified atom stereocenters. The highest BCUT2D eigenvalue weighted by Crippen LogP contribution is 2.31. The molecule has 0 spiro atoms. The number of hydrogen-bond acceptors (Lipinski definition) is 2. The number of carbonyl (C=O) groups is 1. The Bertz CT molecular complexity index is 681. The number of halogens is 1. The van der Waals surface area contributed by atoms with Crippen LogP contribution >= 0.6 is 15.9 Å². The van der Waals surface area contributed by atoms with E-state index in [9.17, 15) is 4.79 Å². The molecule has 20 heavy (non-hydrogen) atoms. The Morgan fingerprint density at radius 3 is 3.00 bits per heavy atom. The second-order valence-electron chi connectivity index (χ2n) is 5.78. The highest BCUT2D eigenvalue weighted by Gasteiger charge is 2.40. The molecule has 3 atom stereocenters. The fourth-order valence-corrected chi connectivity index (χ4v) is 3.94. The molecule has 4 rings (SSSR count). The molecule has 3 heterocycles. The SMILES string of the molecule is O=C(NC1CC2CC1CN2)c1ccn2c(Br)ccc2c1. The van der Waals surface area contributed by atoms with Gasteiger partial charge in [-0.3, -0.25) is 4.79 Å². The van der Waals surface area contributed by atoms with Crippen molar-refractivity contribution in [3.8, 4) is 0 Å². The molecule has 104 valence electrons. The Morgan fingerprint density at radius 2 is 2.25 bits per heavy atom. The average Bonchev–Trinajstić information content (AvgIpc) is 3.14. The van der Waals surface area contributed by atoms with Crippen molar-refractivity contribution in [1.29, 1.82) is 0 Å². The second-order valence-corrected chi connectivity index (χ2v) is 6.60. The molecular formula is C15H16BrN3O. The van der Waals surface area contributed by atoms with Crippen LogP contribution in [0.1, 0.15) is 23.2 Å². The van der Waals surface area contributed by atoms with Crippen LogP contribution in [0.2, 0.25) is 0 Å². The summed E-state index contributed by atoms with van der Waals surface area (Å²) in [5, 5.41) is 6.66. The molecule has 2 aliphatic rings. The second kappa shape index (κ2) is 4.60. The van der Waals surface area contributed by atoms with Gasteiger partial charge in [-0.1, -0.05) is 0 Å². The Morgan fingerprint density at radius 1 is 1.35 bits per heavy atom. The predicted molar refractivity (Wildman–Crippen MR) is 80.9 cm³/mol. The summed E-state index contributed by atoms with van der Waals surface area (Å²) in [6, 6.07) is 8.74. The zero-order valence-electron chi connectivity index (χ0n) is 11.0. The molecule has 0 radical (unpaired) electrons. The van der Waals surface area contributed by atoms with Crippen molar-refractivity contribution in [3.05, 3.63) is 40.6 Å². The molecule has 1 amide bonds. The topological polar surface area (TPSA) is 45.5 Å². The molecule has 2 aromatic heterocycles. The number of rotatable bonds is 2. The average molecular weight is 334 g/mol. The van der Waals surface area contributed by atoms with Crippen molar-refractivity contribution in [2.45, 2.75) is 24.9 Å². The first kappa shape index (κ1) is 12.4. The molecule has 1 aliphatic carbocycles. The molecule has 1 saturated carbocycles. The highest BCUT2D eigenvalue weighted by atomic mass is 79.9. The number of aromatic nitrogens is 1. The van der Waals surface area contributed by atoms with Crippen molar-refractivity contribution in [1.82, 2.24) is 15.0 Å². The van der Waals surface area contributed by atoms with Gasteiger partial charge < -0.3 is 15.0 Å². The standard InChI is InChI=1S/C15H16BrN3O/c16-14-2-1-12-6-9(3-4-19(12)14)15(20)18-13-7-11-5-10(13)8-17-11/h1-4,6,10-11,13,17H,5,7-8H2,(H,18,20). The van der Waals surface area contributed by atoms with E-state index in [1.54, 1.807) is 0 Å². The number of piperidine rings is 1. The van der Waals surface area contributed by atoms with Crippen LogP contribution in [0.3, 0.4) is 0 Å². The number of nitrogens with zero attached hydrogens (tertiary/aromatic N) is 1. The summed E-state index contributed by atoms with van der Waals surface area (Å²) < 4.78 is 3.01. The van der Waals surface area contributed by atoms with Gasteiger partial charge in [-0.25, -0.2) is 0 Å². The van der Waals surface area contributed by atoms with Crippen LogP contribution < -0.4 is 10.6 Å². The third kappa shape index (κ3) is 1.96. The van der Waals surface area contributed by atoms with Gasteiger partial charge in [0.25, 0.3) is 5.91 Å². The maximum atomic E-state index is 12.4. The summed E-state index contributed by atoms with van der Waals surface area (Å²) in [6.07, 6.45) is 4.20. The maximum absolute atomic E-state index is 12.4. The summed E-state index contributed by atoms with van der Waals surface area (Å²) in [4.78, 5) is 12.4. The van der Waals surface area contributed by atoms with E-state index in [2.05, 4.69) is 26.6 Å². The quantitative estimate of drug-likeness (QED) is 0.884. The minimum absolute atomic E-state index is 0.0439. The molecule has 1 aliphatic heterocycles. The first-order chi connectivity index (χ1) is 9.70. The first-order valence-corrected chi connectivity index (χ1v) is 7.81. The third-order valence-corrected chi connectivity index (χ3v) is 5.20. The van der Waals surface area contributed by atoms with Gasteiger partial charge >= 0.3 is 0 Å². The minimum atomic E-state index is 0.0439. The van der Waals surface area contributed by atoms with Crippen LogP contribution in [0.4, 0.5) is 0 Å². The van der Waals surface area contributed by atoms with Crippen molar-refractivity contribution in [2.24, 2.45) is 5.92 Å². The lowest BCUT2D eigenvalue weighted by atomic mass is 10.0. The molecule has 2 aromatic rings. The minimum Gasteiger partial charge on any atom is -0.349 e. The van der Waals surface area contributed by atoms with Crippen LogP contribution in [0, 0.1) is 5.92 Å².